The van der Waals surface area contributed by atoms with Crippen LogP contribution in [0.4, 0.5) is 0 Å². The van der Waals surface area contributed by atoms with Crippen molar-refractivity contribution in [1.29, 1.82) is 0 Å². The van der Waals surface area contributed by atoms with Crippen molar-refractivity contribution in [2.24, 2.45) is 0 Å². The van der Waals surface area contributed by atoms with Crippen molar-refractivity contribution in [3.63, 3.8) is 0 Å². The zero-order chi connectivity index (χ0) is 15.4. The minimum absolute atomic E-state index is 0.163. The predicted octanol–water partition coefficient (Wildman–Crippen LogP) is 3.79. The van der Waals surface area contributed by atoms with Crippen molar-refractivity contribution < 1.29 is 4.79 Å². The fourth-order valence-corrected chi connectivity index (χ4v) is 4.57. The number of hydrogen-bond donors (Lipinski definition) is 0. The zero-order valence-corrected chi connectivity index (χ0v) is 14.4. The SMILES string of the molecule is O=C1CSC(c2ccc(Cl)cc2)N1CCCCN1CCCC1. The third-order valence-corrected chi connectivity index (χ3v) is 5.95. The summed E-state index contributed by atoms with van der Waals surface area (Å²) >= 11 is 7.68. The molecule has 2 saturated heterocycles. The average Bonchev–Trinajstić information content (AvgIpc) is 3.15. The summed E-state index contributed by atoms with van der Waals surface area (Å²) in [6.07, 6.45) is 4.97. The van der Waals surface area contributed by atoms with Crippen molar-refractivity contribution in [3.8, 4) is 0 Å². The molecule has 3 rings (SSSR count). The number of benzene rings is 1. The minimum Gasteiger partial charge on any atom is -0.326 e. The lowest BCUT2D eigenvalue weighted by atomic mass is 10.2. The number of rotatable bonds is 6. The maximum absolute atomic E-state index is 12.1. The van der Waals surface area contributed by atoms with Crippen molar-refractivity contribution in [2.45, 2.75) is 31.1 Å². The molecule has 0 aromatic heterocycles. The summed E-state index contributed by atoms with van der Waals surface area (Å²) in [7, 11) is 0. The molecule has 0 aliphatic carbocycles. The van der Waals surface area contributed by atoms with E-state index >= 15 is 0 Å². The van der Waals surface area contributed by atoms with Gasteiger partial charge in [-0.25, -0.2) is 0 Å². The molecule has 0 saturated carbocycles. The van der Waals surface area contributed by atoms with Crippen LogP contribution in [-0.4, -0.2) is 47.6 Å². The Bertz CT molecular complexity index is 502. The van der Waals surface area contributed by atoms with Crippen LogP contribution < -0.4 is 0 Å². The monoisotopic (exact) mass is 338 g/mol. The van der Waals surface area contributed by atoms with Crippen LogP contribution in [0.3, 0.4) is 0 Å². The molecule has 1 atom stereocenters. The molecule has 2 aliphatic rings. The summed E-state index contributed by atoms with van der Waals surface area (Å²) in [4.78, 5) is 16.7. The fraction of sp³-hybridized carbons (Fsp3) is 0.588. The van der Waals surface area contributed by atoms with Gasteiger partial charge in [0.25, 0.3) is 0 Å². The quantitative estimate of drug-likeness (QED) is 0.737. The molecule has 120 valence electrons. The van der Waals surface area contributed by atoms with Gasteiger partial charge in [-0.05, 0) is 63.0 Å². The van der Waals surface area contributed by atoms with E-state index in [4.69, 9.17) is 11.6 Å². The van der Waals surface area contributed by atoms with Crippen LogP contribution in [0.25, 0.3) is 0 Å². The van der Waals surface area contributed by atoms with Gasteiger partial charge in [0.1, 0.15) is 5.37 Å². The fourth-order valence-electron chi connectivity index (χ4n) is 3.22. The van der Waals surface area contributed by atoms with E-state index in [1.165, 1.54) is 44.5 Å². The van der Waals surface area contributed by atoms with E-state index in [9.17, 15) is 4.79 Å². The standard InChI is InChI=1S/C17H23ClN2OS/c18-15-7-5-14(6-8-15)17-20(16(21)13-22-17)12-4-3-11-19-9-1-2-10-19/h5-8,17H,1-4,9-13H2. The van der Waals surface area contributed by atoms with Crippen LogP contribution in [0.5, 0.6) is 0 Å². The number of hydrogen-bond acceptors (Lipinski definition) is 3. The lowest BCUT2D eigenvalue weighted by Gasteiger charge is -2.24. The van der Waals surface area contributed by atoms with E-state index in [2.05, 4.69) is 4.90 Å². The maximum atomic E-state index is 12.1. The molecule has 2 heterocycles. The van der Waals surface area contributed by atoms with E-state index in [1.54, 1.807) is 11.8 Å². The number of likely N-dealkylation sites (tertiary alicyclic amines) is 1. The van der Waals surface area contributed by atoms with Gasteiger partial charge in [0.15, 0.2) is 0 Å². The molecular formula is C17H23ClN2OS. The summed E-state index contributed by atoms with van der Waals surface area (Å²) < 4.78 is 0. The van der Waals surface area contributed by atoms with Gasteiger partial charge < -0.3 is 9.80 Å². The third-order valence-electron chi connectivity index (χ3n) is 4.45. The lowest BCUT2D eigenvalue weighted by Crippen LogP contribution is -2.30. The van der Waals surface area contributed by atoms with Crippen molar-refractivity contribution >= 4 is 29.3 Å². The second kappa shape index (κ2) is 7.71. The molecule has 0 radical (unpaired) electrons. The van der Waals surface area contributed by atoms with Gasteiger partial charge in [0.05, 0.1) is 5.75 Å². The molecule has 0 bridgehead atoms. The summed E-state index contributed by atoms with van der Waals surface area (Å²) in [5.74, 6) is 0.866. The molecule has 5 heteroatoms. The van der Waals surface area contributed by atoms with Gasteiger partial charge >= 0.3 is 0 Å². The Labute approximate surface area is 142 Å². The van der Waals surface area contributed by atoms with Gasteiger partial charge in [-0.1, -0.05) is 23.7 Å². The molecule has 1 amide bonds. The Hall–Kier alpha value is -0.710. The number of nitrogens with zero attached hydrogens (tertiary/aromatic N) is 2. The average molecular weight is 339 g/mol. The molecule has 3 nitrogen and oxygen atoms in total. The maximum Gasteiger partial charge on any atom is 0.233 e. The number of halogens is 1. The highest BCUT2D eigenvalue weighted by Gasteiger charge is 2.32. The highest BCUT2D eigenvalue weighted by atomic mass is 35.5. The largest absolute Gasteiger partial charge is 0.326 e. The van der Waals surface area contributed by atoms with Crippen LogP contribution in [0.1, 0.15) is 36.6 Å². The molecule has 1 aromatic rings. The summed E-state index contributed by atoms with van der Waals surface area (Å²) in [6, 6.07) is 7.89. The van der Waals surface area contributed by atoms with Crippen molar-refractivity contribution in [1.82, 2.24) is 9.80 Å². The van der Waals surface area contributed by atoms with Crippen LogP contribution in [0.15, 0.2) is 24.3 Å². The van der Waals surface area contributed by atoms with Crippen LogP contribution in [-0.2, 0) is 4.79 Å². The van der Waals surface area contributed by atoms with Crippen molar-refractivity contribution in [2.75, 3.05) is 31.9 Å². The van der Waals surface area contributed by atoms with Gasteiger partial charge in [0, 0.05) is 11.6 Å². The second-order valence-electron chi connectivity index (χ2n) is 6.06. The van der Waals surface area contributed by atoms with E-state index < -0.39 is 0 Å². The molecule has 1 unspecified atom stereocenters. The first-order valence-electron chi connectivity index (χ1n) is 8.13. The minimum atomic E-state index is 0.163. The van der Waals surface area contributed by atoms with Gasteiger partial charge in [0.2, 0.25) is 5.91 Å². The molecular weight excluding hydrogens is 316 g/mol. The summed E-state index contributed by atoms with van der Waals surface area (Å²) in [6.45, 7) is 4.56. The lowest BCUT2D eigenvalue weighted by molar-refractivity contribution is -0.128. The Kier molecular flexibility index (Phi) is 5.66. The van der Waals surface area contributed by atoms with E-state index in [0.717, 1.165) is 18.0 Å². The molecule has 0 N–H and O–H groups in total. The molecule has 2 aliphatic heterocycles. The number of carbonyl (C=O) groups is 1. The number of amides is 1. The van der Waals surface area contributed by atoms with E-state index in [0.29, 0.717) is 5.75 Å². The zero-order valence-electron chi connectivity index (χ0n) is 12.8. The van der Waals surface area contributed by atoms with Crippen LogP contribution in [0, 0.1) is 0 Å². The highest BCUT2D eigenvalue weighted by molar-refractivity contribution is 8.00. The van der Waals surface area contributed by atoms with Gasteiger partial charge in [-0.3, -0.25) is 4.79 Å². The van der Waals surface area contributed by atoms with Crippen molar-refractivity contribution in [3.05, 3.63) is 34.9 Å². The summed E-state index contributed by atoms with van der Waals surface area (Å²) in [5.41, 5.74) is 1.18. The first kappa shape index (κ1) is 16.2. The van der Waals surface area contributed by atoms with E-state index in [1.807, 2.05) is 29.2 Å². The summed E-state index contributed by atoms with van der Waals surface area (Å²) in [5, 5.41) is 0.909. The number of unbranched alkanes of at least 4 members (excludes halogenated alkanes) is 1. The van der Waals surface area contributed by atoms with Gasteiger partial charge in [-0.15, -0.1) is 11.8 Å². The van der Waals surface area contributed by atoms with Gasteiger partial charge in [-0.2, -0.15) is 0 Å². The normalized spacial score (nSPS) is 22.7. The molecule has 0 spiro atoms. The topological polar surface area (TPSA) is 23.6 Å². The number of carbonyl (C=O) groups excluding carboxylic acids is 1. The van der Waals surface area contributed by atoms with E-state index in [-0.39, 0.29) is 11.3 Å². The Balaban J connectivity index is 1.51. The van der Waals surface area contributed by atoms with Crippen LogP contribution >= 0.6 is 23.4 Å². The first-order chi connectivity index (χ1) is 10.7. The Morgan fingerprint density at radius 1 is 1.09 bits per heavy atom. The smallest absolute Gasteiger partial charge is 0.233 e. The highest BCUT2D eigenvalue weighted by Crippen LogP contribution is 2.38. The molecule has 22 heavy (non-hydrogen) atoms. The second-order valence-corrected chi connectivity index (χ2v) is 7.56. The predicted molar refractivity (Wildman–Crippen MR) is 93.3 cm³/mol. The first-order valence-corrected chi connectivity index (χ1v) is 9.55. The molecule has 1 aromatic carbocycles. The third kappa shape index (κ3) is 3.98. The molecule has 2 fully saturated rings. The van der Waals surface area contributed by atoms with Crippen LogP contribution in [0.2, 0.25) is 5.02 Å². The Morgan fingerprint density at radius 3 is 2.50 bits per heavy atom. The number of thioether (sulfide) groups is 1. The Morgan fingerprint density at radius 2 is 1.77 bits per heavy atom.